The van der Waals surface area contributed by atoms with Gasteiger partial charge in [0.1, 0.15) is 0 Å². The molecule has 0 atom stereocenters. The molecule has 3 heteroatoms. The molecular formula is C33H69N3. The van der Waals surface area contributed by atoms with Crippen LogP contribution in [0.4, 0.5) is 0 Å². The maximum absolute atomic E-state index is 4.09. The number of piperidine rings is 1. The van der Waals surface area contributed by atoms with E-state index in [1.165, 1.54) is 168 Å². The van der Waals surface area contributed by atoms with Gasteiger partial charge in [0.15, 0.2) is 0 Å². The predicted molar refractivity (Wildman–Crippen MR) is 163 cm³/mol. The van der Waals surface area contributed by atoms with Gasteiger partial charge in [0.2, 0.25) is 0 Å². The Morgan fingerprint density at radius 2 is 1.11 bits per heavy atom. The molecule has 36 heavy (non-hydrogen) atoms. The lowest BCUT2D eigenvalue weighted by molar-refractivity contribution is 0.184. The van der Waals surface area contributed by atoms with Gasteiger partial charge in [-0.2, -0.15) is 0 Å². The minimum atomic E-state index is 0.758. The summed E-state index contributed by atoms with van der Waals surface area (Å²) < 4.78 is 0. The summed E-state index contributed by atoms with van der Waals surface area (Å²) in [6.07, 6.45) is 29.3. The van der Waals surface area contributed by atoms with E-state index < -0.39 is 0 Å². The highest BCUT2D eigenvalue weighted by Crippen LogP contribution is 2.19. The smallest absolute Gasteiger partial charge is 0.00940 e. The lowest BCUT2D eigenvalue weighted by Gasteiger charge is -2.35. The van der Waals surface area contributed by atoms with E-state index in [-0.39, 0.29) is 0 Å². The van der Waals surface area contributed by atoms with E-state index in [1.54, 1.807) is 0 Å². The second kappa shape index (κ2) is 25.2. The molecule has 216 valence electrons. The molecule has 0 aliphatic carbocycles. The molecule has 0 aromatic heterocycles. The molecule has 0 amide bonds. The zero-order valence-corrected chi connectivity index (χ0v) is 25.6. The summed E-state index contributed by atoms with van der Waals surface area (Å²) >= 11 is 0. The van der Waals surface area contributed by atoms with Crippen LogP contribution in [0.5, 0.6) is 0 Å². The van der Waals surface area contributed by atoms with Gasteiger partial charge in [-0.3, -0.25) is 0 Å². The van der Waals surface area contributed by atoms with E-state index >= 15 is 0 Å². The van der Waals surface area contributed by atoms with Crippen molar-refractivity contribution >= 4 is 0 Å². The van der Waals surface area contributed by atoms with Crippen molar-refractivity contribution in [1.82, 2.24) is 15.5 Å². The second-order valence-corrected chi connectivity index (χ2v) is 12.1. The number of hydrogen-bond acceptors (Lipinski definition) is 3. The number of likely N-dealkylation sites (tertiary alicyclic amines) is 1. The van der Waals surface area contributed by atoms with E-state index in [0.717, 1.165) is 18.0 Å². The fraction of sp³-hybridized carbons (Fsp3) is 1.00. The van der Waals surface area contributed by atoms with Crippen LogP contribution in [-0.2, 0) is 0 Å². The van der Waals surface area contributed by atoms with Crippen molar-refractivity contribution in [1.29, 1.82) is 0 Å². The lowest BCUT2D eigenvalue weighted by Crippen LogP contribution is -2.46. The normalized spacial score (nSPS) is 15.5. The molecule has 0 saturated carbocycles. The van der Waals surface area contributed by atoms with Crippen LogP contribution in [0, 0.1) is 5.92 Å². The Kier molecular flexibility index (Phi) is 23.7. The first-order valence-electron chi connectivity index (χ1n) is 16.9. The van der Waals surface area contributed by atoms with Crippen LogP contribution in [0.25, 0.3) is 0 Å². The molecular weight excluding hydrogens is 438 g/mol. The third-order valence-corrected chi connectivity index (χ3v) is 8.56. The Morgan fingerprint density at radius 3 is 1.64 bits per heavy atom. The van der Waals surface area contributed by atoms with Gasteiger partial charge in [-0.15, -0.1) is 0 Å². The third-order valence-electron chi connectivity index (χ3n) is 8.56. The molecule has 1 saturated heterocycles. The summed E-state index contributed by atoms with van der Waals surface area (Å²) in [7, 11) is 0. The zero-order chi connectivity index (χ0) is 26.1. The van der Waals surface area contributed by atoms with Crippen molar-refractivity contribution in [2.75, 3.05) is 32.7 Å². The van der Waals surface area contributed by atoms with Crippen LogP contribution in [0.3, 0.4) is 0 Å². The SMILES string of the molecule is CCCCCCC(CCCCCC)CNCCCN1CCC(NC(CCCCC)CCCCC)CC1. The van der Waals surface area contributed by atoms with E-state index in [9.17, 15) is 0 Å². The Bertz CT molecular complexity index is 411. The van der Waals surface area contributed by atoms with Crippen molar-refractivity contribution in [2.24, 2.45) is 5.92 Å². The maximum atomic E-state index is 4.09. The van der Waals surface area contributed by atoms with E-state index in [2.05, 4.69) is 43.2 Å². The summed E-state index contributed by atoms with van der Waals surface area (Å²) in [5.74, 6) is 0.906. The van der Waals surface area contributed by atoms with Crippen molar-refractivity contribution in [3.63, 3.8) is 0 Å². The van der Waals surface area contributed by atoms with Gasteiger partial charge >= 0.3 is 0 Å². The zero-order valence-electron chi connectivity index (χ0n) is 25.6. The minimum Gasteiger partial charge on any atom is -0.316 e. The van der Waals surface area contributed by atoms with E-state index in [0.29, 0.717) is 0 Å². The van der Waals surface area contributed by atoms with Crippen molar-refractivity contribution in [2.45, 2.75) is 175 Å². The van der Waals surface area contributed by atoms with Crippen LogP contribution in [0.2, 0.25) is 0 Å². The summed E-state index contributed by atoms with van der Waals surface area (Å²) in [5, 5.41) is 7.94. The standard InChI is InChI=1S/C33H69N3/c1-5-9-13-17-20-31(21-18-14-10-6-2)30-34-26-19-27-36-28-24-33(25-29-36)35-32(22-15-11-7-3)23-16-12-8-4/h31-35H,5-30H2,1-4H3. The van der Waals surface area contributed by atoms with Gasteiger partial charge in [-0.25, -0.2) is 0 Å². The Morgan fingerprint density at radius 1 is 0.611 bits per heavy atom. The molecule has 0 radical (unpaired) electrons. The van der Waals surface area contributed by atoms with Crippen LogP contribution >= 0.6 is 0 Å². The van der Waals surface area contributed by atoms with E-state index in [4.69, 9.17) is 0 Å². The Balaban J connectivity index is 2.20. The molecule has 0 aromatic carbocycles. The van der Waals surface area contributed by atoms with Crippen molar-refractivity contribution in [3.05, 3.63) is 0 Å². The summed E-state index contributed by atoms with van der Waals surface area (Å²) in [4.78, 5) is 2.73. The minimum absolute atomic E-state index is 0.758. The number of nitrogens with one attached hydrogen (secondary N) is 2. The lowest BCUT2D eigenvalue weighted by atomic mass is 9.94. The fourth-order valence-electron chi connectivity index (χ4n) is 6.05. The third kappa shape index (κ3) is 19.0. The number of unbranched alkanes of at least 4 members (excludes halogenated alkanes) is 10. The summed E-state index contributed by atoms with van der Waals surface area (Å²) in [6.45, 7) is 15.6. The average molecular weight is 508 g/mol. The molecule has 1 heterocycles. The van der Waals surface area contributed by atoms with Crippen molar-refractivity contribution < 1.29 is 0 Å². The average Bonchev–Trinajstić information content (AvgIpc) is 2.89. The molecule has 0 unspecified atom stereocenters. The largest absolute Gasteiger partial charge is 0.316 e. The monoisotopic (exact) mass is 508 g/mol. The molecule has 0 aromatic rings. The van der Waals surface area contributed by atoms with E-state index in [1.807, 2.05) is 0 Å². The number of rotatable bonds is 26. The van der Waals surface area contributed by atoms with Gasteiger partial charge in [0, 0.05) is 12.1 Å². The van der Waals surface area contributed by atoms with Crippen LogP contribution in [0.15, 0.2) is 0 Å². The molecule has 0 spiro atoms. The van der Waals surface area contributed by atoms with Crippen LogP contribution < -0.4 is 10.6 Å². The maximum Gasteiger partial charge on any atom is 0.00940 e. The van der Waals surface area contributed by atoms with Crippen LogP contribution in [0.1, 0.15) is 163 Å². The molecule has 1 aliphatic rings. The fourth-order valence-corrected chi connectivity index (χ4v) is 6.05. The number of hydrogen-bond donors (Lipinski definition) is 2. The van der Waals surface area contributed by atoms with Crippen molar-refractivity contribution in [3.8, 4) is 0 Å². The van der Waals surface area contributed by atoms with Gasteiger partial charge in [-0.05, 0) is 83.6 Å². The molecule has 3 nitrogen and oxygen atoms in total. The molecule has 1 rings (SSSR count). The first-order valence-corrected chi connectivity index (χ1v) is 16.9. The second-order valence-electron chi connectivity index (χ2n) is 12.1. The predicted octanol–water partition coefficient (Wildman–Crippen LogP) is 9.11. The topological polar surface area (TPSA) is 27.3 Å². The molecule has 2 N–H and O–H groups in total. The van der Waals surface area contributed by atoms with Gasteiger partial charge < -0.3 is 15.5 Å². The molecule has 1 fully saturated rings. The van der Waals surface area contributed by atoms with Gasteiger partial charge in [0.25, 0.3) is 0 Å². The summed E-state index contributed by atoms with van der Waals surface area (Å²) in [6, 6.07) is 1.52. The van der Waals surface area contributed by atoms with Gasteiger partial charge in [0.05, 0.1) is 0 Å². The first-order chi connectivity index (χ1) is 17.7. The highest BCUT2D eigenvalue weighted by atomic mass is 15.1. The molecule has 0 bridgehead atoms. The molecule has 1 aliphatic heterocycles. The highest BCUT2D eigenvalue weighted by Gasteiger charge is 2.21. The number of nitrogens with zero attached hydrogens (tertiary/aromatic N) is 1. The first kappa shape index (κ1) is 33.9. The Hall–Kier alpha value is -0.120. The Labute approximate surface area is 228 Å². The highest BCUT2D eigenvalue weighted by molar-refractivity contribution is 4.81. The quantitative estimate of drug-likeness (QED) is 0.114. The summed E-state index contributed by atoms with van der Waals surface area (Å²) in [5.41, 5.74) is 0. The van der Waals surface area contributed by atoms with Crippen LogP contribution in [-0.4, -0.2) is 49.7 Å². The van der Waals surface area contributed by atoms with Gasteiger partial charge in [-0.1, -0.05) is 118 Å².